The van der Waals surface area contributed by atoms with E-state index >= 15 is 0 Å². The highest BCUT2D eigenvalue weighted by molar-refractivity contribution is 6.26. The van der Waals surface area contributed by atoms with Crippen LogP contribution in [0.2, 0.25) is 0 Å². The number of H-pyrrole nitrogens is 1. The molecular formula is C29H24N2. The first-order valence-corrected chi connectivity index (χ1v) is 11.0. The smallest absolute Gasteiger partial charge is 0.0881 e. The maximum Gasteiger partial charge on any atom is 0.0881 e. The monoisotopic (exact) mass is 400 g/mol. The van der Waals surface area contributed by atoms with Gasteiger partial charge in [0, 0.05) is 27.4 Å². The number of nitrogens with zero attached hydrogens (tertiary/aromatic N) is 1. The molecule has 0 bridgehead atoms. The summed E-state index contributed by atoms with van der Waals surface area (Å²) in [6, 6.07) is 26.5. The Morgan fingerprint density at radius 1 is 0.710 bits per heavy atom. The van der Waals surface area contributed by atoms with Gasteiger partial charge in [0.25, 0.3) is 0 Å². The number of aliphatic imine (C=N–C) groups is 1. The summed E-state index contributed by atoms with van der Waals surface area (Å²) in [4.78, 5) is 8.92. The lowest BCUT2D eigenvalue weighted by molar-refractivity contribution is 1.14. The fourth-order valence-corrected chi connectivity index (χ4v) is 4.87. The first-order valence-electron chi connectivity index (χ1n) is 11.0. The van der Waals surface area contributed by atoms with Crippen LogP contribution in [-0.4, -0.2) is 10.7 Å². The van der Waals surface area contributed by atoms with E-state index in [1.807, 2.05) is 0 Å². The molecule has 5 aromatic rings. The van der Waals surface area contributed by atoms with Crippen LogP contribution < -0.4 is 0 Å². The van der Waals surface area contributed by atoms with Gasteiger partial charge in [0.1, 0.15) is 0 Å². The summed E-state index contributed by atoms with van der Waals surface area (Å²) >= 11 is 0. The molecule has 1 aliphatic rings. The van der Waals surface area contributed by atoms with E-state index in [9.17, 15) is 0 Å². The minimum Gasteiger partial charge on any atom is -0.353 e. The molecule has 0 saturated heterocycles. The van der Waals surface area contributed by atoms with E-state index in [-0.39, 0.29) is 0 Å². The molecule has 31 heavy (non-hydrogen) atoms. The van der Waals surface area contributed by atoms with E-state index in [1.165, 1.54) is 49.7 Å². The van der Waals surface area contributed by atoms with Crippen molar-refractivity contribution in [3.63, 3.8) is 0 Å². The first kappa shape index (κ1) is 18.1. The molecule has 6 rings (SSSR count). The van der Waals surface area contributed by atoms with Crippen molar-refractivity contribution in [1.82, 2.24) is 4.98 Å². The second-order valence-corrected chi connectivity index (χ2v) is 8.62. The zero-order valence-electron chi connectivity index (χ0n) is 18.1. The molecule has 0 atom stereocenters. The summed E-state index contributed by atoms with van der Waals surface area (Å²) in [6.45, 7) is 6.51. The van der Waals surface area contributed by atoms with Crippen molar-refractivity contribution in [3.8, 4) is 11.1 Å². The van der Waals surface area contributed by atoms with E-state index < -0.39 is 0 Å². The Bertz CT molecular complexity index is 1530. The number of fused-ring (bicyclic) bond motifs is 6. The highest BCUT2D eigenvalue weighted by atomic mass is 14.8. The largest absolute Gasteiger partial charge is 0.353 e. The maximum absolute atomic E-state index is 5.29. The van der Waals surface area contributed by atoms with Crippen LogP contribution in [0.25, 0.3) is 32.9 Å². The fraction of sp³-hybridized carbons (Fsp3) is 0.138. The highest BCUT2D eigenvalue weighted by Crippen LogP contribution is 2.40. The highest BCUT2D eigenvalue weighted by Gasteiger charge is 2.25. The molecule has 0 amide bonds. The van der Waals surface area contributed by atoms with Crippen molar-refractivity contribution in [2.45, 2.75) is 27.2 Å². The SMILES string of the molecule is CCc1ccc2c(c1)-c1ccccc1/C2=N\c1cc(C)cc2c1[nH]c1ccc(C)cc12. The minimum atomic E-state index is 1.00. The van der Waals surface area contributed by atoms with Gasteiger partial charge in [-0.3, -0.25) is 0 Å². The van der Waals surface area contributed by atoms with E-state index in [0.29, 0.717) is 0 Å². The van der Waals surface area contributed by atoms with Crippen molar-refractivity contribution < 1.29 is 0 Å². The number of hydrogen-bond donors (Lipinski definition) is 1. The van der Waals surface area contributed by atoms with Gasteiger partial charge in [0.15, 0.2) is 0 Å². The molecule has 0 saturated carbocycles. The fourth-order valence-electron chi connectivity index (χ4n) is 4.87. The van der Waals surface area contributed by atoms with Gasteiger partial charge in [0.2, 0.25) is 0 Å². The third-order valence-corrected chi connectivity index (χ3v) is 6.44. The standard InChI is InChI=1S/C29H24N2/c1-4-19-10-11-22-23(16-19)20-7-5-6-8-21(20)28(22)31-27-15-18(3)14-25-24-13-17(2)9-12-26(24)30-29(25)27/h5-16,30H,4H2,1-3H3/b31-28+. The van der Waals surface area contributed by atoms with Gasteiger partial charge in [-0.15, -0.1) is 0 Å². The van der Waals surface area contributed by atoms with Crippen LogP contribution in [0.5, 0.6) is 0 Å². The third kappa shape index (κ3) is 2.75. The van der Waals surface area contributed by atoms with E-state index in [4.69, 9.17) is 4.99 Å². The van der Waals surface area contributed by atoms with Crippen molar-refractivity contribution in [2.75, 3.05) is 0 Å². The average Bonchev–Trinajstić information content (AvgIpc) is 3.29. The van der Waals surface area contributed by atoms with Crippen molar-refractivity contribution in [1.29, 1.82) is 0 Å². The number of nitrogens with one attached hydrogen (secondary N) is 1. The zero-order valence-corrected chi connectivity index (χ0v) is 18.1. The van der Waals surface area contributed by atoms with Gasteiger partial charge < -0.3 is 4.98 Å². The Hall–Kier alpha value is -3.65. The lowest BCUT2D eigenvalue weighted by Crippen LogP contribution is -1.98. The lowest BCUT2D eigenvalue weighted by atomic mass is 10.0. The van der Waals surface area contributed by atoms with Crippen molar-refractivity contribution in [2.24, 2.45) is 4.99 Å². The predicted octanol–water partition coefficient (Wildman–Crippen LogP) is 7.65. The van der Waals surface area contributed by atoms with Crippen LogP contribution in [0.15, 0.2) is 77.8 Å². The predicted molar refractivity (Wildman–Crippen MR) is 132 cm³/mol. The Morgan fingerprint density at radius 3 is 2.32 bits per heavy atom. The number of rotatable bonds is 2. The number of aromatic amines is 1. The molecule has 2 nitrogen and oxygen atoms in total. The average molecular weight is 401 g/mol. The quantitative estimate of drug-likeness (QED) is 0.309. The number of aromatic nitrogens is 1. The third-order valence-electron chi connectivity index (χ3n) is 6.44. The maximum atomic E-state index is 5.29. The molecule has 0 spiro atoms. The number of hydrogen-bond acceptors (Lipinski definition) is 1. The van der Waals surface area contributed by atoms with Gasteiger partial charge in [-0.1, -0.05) is 61.0 Å². The van der Waals surface area contributed by atoms with Crippen molar-refractivity contribution in [3.05, 3.63) is 101 Å². The molecule has 1 heterocycles. The van der Waals surface area contributed by atoms with Crippen LogP contribution in [0.3, 0.4) is 0 Å². The van der Waals surface area contributed by atoms with Crippen LogP contribution in [-0.2, 0) is 6.42 Å². The van der Waals surface area contributed by atoms with Crippen molar-refractivity contribution >= 4 is 33.2 Å². The normalized spacial score (nSPS) is 13.8. The van der Waals surface area contributed by atoms with E-state index in [2.05, 4.69) is 98.6 Å². The molecule has 0 aliphatic heterocycles. The molecule has 0 unspecified atom stereocenters. The molecule has 1 N–H and O–H groups in total. The summed E-state index contributed by atoms with van der Waals surface area (Å²) < 4.78 is 0. The summed E-state index contributed by atoms with van der Waals surface area (Å²) in [5.74, 6) is 0. The van der Waals surface area contributed by atoms with Gasteiger partial charge in [-0.25, -0.2) is 4.99 Å². The van der Waals surface area contributed by atoms with Gasteiger partial charge in [-0.05, 0) is 66.8 Å². The van der Waals surface area contributed by atoms with Crippen LogP contribution in [0.4, 0.5) is 5.69 Å². The van der Waals surface area contributed by atoms with Crippen LogP contribution in [0, 0.1) is 13.8 Å². The van der Waals surface area contributed by atoms with E-state index in [0.717, 1.165) is 28.9 Å². The molecular weight excluding hydrogens is 376 g/mol. The van der Waals surface area contributed by atoms with Gasteiger partial charge in [0.05, 0.1) is 16.9 Å². The zero-order chi connectivity index (χ0) is 21.1. The van der Waals surface area contributed by atoms with Crippen LogP contribution in [0.1, 0.15) is 34.7 Å². The molecule has 0 radical (unpaired) electrons. The molecule has 1 aliphatic carbocycles. The minimum absolute atomic E-state index is 1.00. The topological polar surface area (TPSA) is 28.1 Å². The molecule has 1 aromatic heterocycles. The Kier molecular flexibility index (Phi) is 3.91. The summed E-state index contributed by atoms with van der Waals surface area (Å²) in [5.41, 5.74) is 13.2. The Balaban J connectivity index is 1.65. The lowest BCUT2D eigenvalue weighted by Gasteiger charge is -2.06. The van der Waals surface area contributed by atoms with Crippen LogP contribution >= 0.6 is 0 Å². The summed E-state index contributed by atoms with van der Waals surface area (Å²) in [5, 5.41) is 2.51. The number of benzene rings is 4. The Labute approximate surface area is 182 Å². The molecule has 2 heteroatoms. The second kappa shape index (κ2) is 6.68. The Morgan fingerprint density at radius 2 is 1.48 bits per heavy atom. The second-order valence-electron chi connectivity index (χ2n) is 8.62. The summed E-state index contributed by atoms with van der Waals surface area (Å²) in [7, 11) is 0. The molecule has 4 aromatic carbocycles. The molecule has 150 valence electrons. The summed E-state index contributed by atoms with van der Waals surface area (Å²) in [6.07, 6.45) is 1.04. The molecule has 0 fully saturated rings. The first-order chi connectivity index (χ1) is 15.1. The van der Waals surface area contributed by atoms with Gasteiger partial charge >= 0.3 is 0 Å². The van der Waals surface area contributed by atoms with E-state index in [1.54, 1.807) is 0 Å². The van der Waals surface area contributed by atoms with Gasteiger partial charge in [-0.2, -0.15) is 0 Å². The number of aryl methyl sites for hydroxylation is 3.